The zero-order chi connectivity index (χ0) is 24.7. The van der Waals surface area contributed by atoms with Gasteiger partial charge in [0.1, 0.15) is 11.7 Å². The van der Waals surface area contributed by atoms with E-state index in [-0.39, 0.29) is 41.9 Å². The van der Waals surface area contributed by atoms with Crippen LogP contribution in [0.3, 0.4) is 0 Å². The lowest BCUT2D eigenvalue weighted by Gasteiger charge is -2.38. The summed E-state index contributed by atoms with van der Waals surface area (Å²) in [6.07, 6.45) is 1.00. The van der Waals surface area contributed by atoms with E-state index in [0.717, 1.165) is 12.1 Å². The third kappa shape index (κ3) is 4.64. The van der Waals surface area contributed by atoms with Crippen molar-refractivity contribution in [2.45, 2.75) is 58.2 Å². The van der Waals surface area contributed by atoms with Gasteiger partial charge < -0.3 is 20.9 Å². The number of hydrogen-bond acceptors (Lipinski definition) is 6. The zero-order valence-electron chi connectivity index (χ0n) is 19.4. The number of carbonyl (C=O) groups is 2. The predicted octanol–water partition coefficient (Wildman–Crippen LogP) is 2.92. The molecule has 0 saturated heterocycles. The number of rotatable bonds is 6. The fraction of sp³-hybridized carbons (Fsp3) is 0.478. The smallest absolute Gasteiger partial charge is 0.247 e. The fourth-order valence-electron chi connectivity index (χ4n) is 4.49. The van der Waals surface area contributed by atoms with Crippen molar-refractivity contribution >= 4 is 29.3 Å². The quantitative estimate of drug-likeness (QED) is 0.555. The molecule has 1 aromatic heterocycles. The Hall–Kier alpha value is -3.37. The molecule has 1 aliphatic heterocycles. The highest BCUT2D eigenvalue weighted by Gasteiger charge is 2.36. The molecule has 1 aliphatic carbocycles. The Labute approximate surface area is 195 Å². The molecule has 2 heterocycles. The van der Waals surface area contributed by atoms with Gasteiger partial charge in [-0.3, -0.25) is 9.59 Å². The molecule has 1 atom stereocenters. The molecule has 0 radical (unpaired) electrons. The van der Waals surface area contributed by atoms with Crippen LogP contribution in [-0.2, 0) is 16.0 Å². The largest absolute Gasteiger partial charge is 0.353 e. The van der Waals surface area contributed by atoms with Crippen molar-refractivity contribution in [1.29, 1.82) is 0 Å². The number of aryl methyl sites for hydroxylation is 1. The fourth-order valence-corrected chi connectivity index (χ4v) is 4.49. The first kappa shape index (κ1) is 23.8. The Morgan fingerprint density at radius 3 is 2.44 bits per heavy atom. The lowest BCUT2D eigenvalue weighted by atomic mass is 9.86. The molecule has 11 heteroatoms. The molecule has 3 N–H and O–H groups in total. The highest BCUT2D eigenvalue weighted by Crippen LogP contribution is 2.35. The normalized spacial score (nSPS) is 21.6. The van der Waals surface area contributed by atoms with Gasteiger partial charge >= 0.3 is 0 Å². The SMILES string of the molecule is Cc1nc(N[C@H]2C[C@@H](NC(=O)Cc3cc(F)c(F)c(F)c3)C2)nc2c1NC(=O)C(C(C)C)N2C. The van der Waals surface area contributed by atoms with Crippen LogP contribution in [0.5, 0.6) is 0 Å². The van der Waals surface area contributed by atoms with Crippen LogP contribution < -0.4 is 20.9 Å². The summed E-state index contributed by atoms with van der Waals surface area (Å²) in [7, 11) is 1.84. The molecule has 8 nitrogen and oxygen atoms in total. The average Bonchev–Trinajstić information content (AvgIpc) is 2.71. The van der Waals surface area contributed by atoms with Crippen molar-refractivity contribution in [2.24, 2.45) is 5.92 Å². The molecule has 2 aromatic rings. The average molecular weight is 477 g/mol. The second-order valence-electron chi connectivity index (χ2n) is 9.25. The van der Waals surface area contributed by atoms with E-state index < -0.39 is 23.4 Å². The molecule has 2 aliphatic rings. The molecule has 4 rings (SSSR count). The highest BCUT2D eigenvalue weighted by molar-refractivity contribution is 6.03. The van der Waals surface area contributed by atoms with Crippen molar-refractivity contribution in [3.8, 4) is 0 Å². The summed E-state index contributed by atoms with van der Waals surface area (Å²) in [6, 6.07) is 1.24. The van der Waals surface area contributed by atoms with Gasteiger partial charge in [0, 0.05) is 19.1 Å². The maximum absolute atomic E-state index is 13.3. The summed E-state index contributed by atoms with van der Waals surface area (Å²) in [4.78, 5) is 35.6. The van der Waals surface area contributed by atoms with Crippen molar-refractivity contribution in [3.05, 3.63) is 40.8 Å². The van der Waals surface area contributed by atoms with Crippen LogP contribution in [0.4, 0.5) is 30.6 Å². The molecule has 0 bridgehead atoms. The number of carbonyl (C=O) groups excluding carboxylic acids is 2. The van der Waals surface area contributed by atoms with E-state index in [4.69, 9.17) is 0 Å². The number of halogens is 3. The van der Waals surface area contributed by atoms with Crippen molar-refractivity contribution in [3.63, 3.8) is 0 Å². The molecule has 34 heavy (non-hydrogen) atoms. The van der Waals surface area contributed by atoms with Crippen LogP contribution >= 0.6 is 0 Å². The van der Waals surface area contributed by atoms with E-state index >= 15 is 0 Å². The number of benzene rings is 1. The first-order valence-electron chi connectivity index (χ1n) is 11.1. The summed E-state index contributed by atoms with van der Waals surface area (Å²) in [5, 5.41) is 8.99. The molecular weight excluding hydrogens is 449 g/mol. The third-order valence-corrected chi connectivity index (χ3v) is 6.22. The molecule has 1 fully saturated rings. The van der Waals surface area contributed by atoms with E-state index in [1.165, 1.54) is 0 Å². The minimum Gasteiger partial charge on any atom is -0.353 e. The molecular formula is C23H27F3N6O2. The van der Waals surface area contributed by atoms with Gasteiger partial charge in [0.05, 0.1) is 12.1 Å². The maximum atomic E-state index is 13.3. The number of anilines is 3. The Balaban J connectivity index is 1.34. The molecule has 2 amide bonds. The molecule has 1 unspecified atom stereocenters. The molecule has 1 aromatic carbocycles. The summed E-state index contributed by atoms with van der Waals surface area (Å²) < 4.78 is 39.7. The predicted molar refractivity (Wildman–Crippen MR) is 121 cm³/mol. The molecule has 182 valence electrons. The number of likely N-dealkylation sites (N-methyl/N-ethyl adjacent to an activating group) is 1. The van der Waals surface area contributed by atoms with Crippen LogP contribution in [0.25, 0.3) is 0 Å². The van der Waals surface area contributed by atoms with Crippen molar-refractivity contribution in [2.75, 3.05) is 22.6 Å². The van der Waals surface area contributed by atoms with E-state index in [1.807, 2.05) is 25.8 Å². The Bertz CT molecular complexity index is 1110. The van der Waals surface area contributed by atoms with Crippen LogP contribution in [0.2, 0.25) is 0 Å². The van der Waals surface area contributed by atoms with Gasteiger partial charge in [-0.25, -0.2) is 18.2 Å². The highest BCUT2D eigenvalue weighted by atomic mass is 19.2. The monoisotopic (exact) mass is 476 g/mol. The van der Waals surface area contributed by atoms with Gasteiger partial charge in [-0.1, -0.05) is 13.8 Å². The number of hydrogen-bond donors (Lipinski definition) is 3. The van der Waals surface area contributed by atoms with Gasteiger partial charge in [0.15, 0.2) is 23.3 Å². The van der Waals surface area contributed by atoms with E-state index in [2.05, 4.69) is 25.9 Å². The van der Waals surface area contributed by atoms with Crippen LogP contribution in [0.1, 0.15) is 37.9 Å². The standard InChI is InChI=1S/C23H27F3N6O2/c1-10(2)20-22(34)30-19-11(3)27-23(31-21(19)32(20)4)29-14-8-13(9-14)28-17(33)7-12-5-15(24)18(26)16(25)6-12/h5-6,10,13-14,20H,7-9H2,1-4H3,(H,28,33)(H,30,34)(H,27,29,31)/t13-,14+,20?. The summed E-state index contributed by atoms with van der Waals surface area (Å²) in [6.45, 7) is 5.76. The van der Waals surface area contributed by atoms with Gasteiger partial charge in [0.25, 0.3) is 0 Å². The van der Waals surface area contributed by atoms with E-state index in [9.17, 15) is 22.8 Å². The van der Waals surface area contributed by atoms with Crippen molar-refractivity contribution in [1.82, 2.24) is 15.3 Å². The number of aromatic nitrogens is 2. The van der Waals surface area contributed by atoms with Gasteiger partial charge in [-0.05, 0) is 43.4 Å². The number of nitrogens with one attached hydrogen (secondary N) is 3. The number of nitrogens with zero attached hydrogens (tertiary/aromatic N) is 3. The number of fused-ring (bicyclic) bond motifs is 1. The minimum absolute atomic E-state index is 0.0350. The lowest BCUT2D eigenvalue weighted by molar-refractivity contribution is -0.121. The summed E-state index contributed by atoms with van der Waals surface area (Å²) in [5.41, 5.74) is 1.32. The molecule has 1 saturated carbocycles. The minimum atomic E-state index is -1.55. The van der Waals surface area contributed by atoms with Crippen molar-refractivity contribution < 1.29 is 22.8 Å². The Kier molecular flexibility index (Phi) is 6.37. The first-order valence-corrected chi connectivity index (χ1v) is 11.1. The van der Waals surface area contributed by atoms with Crippen LogP contribution in [-0.4, -0.2) is 47.0 Å². The Morgan fingerprint density at radius 1 is 1.18 bits per heavy atom. The number of amides is 2. The van der Waals surface area contributed by atoms with Gasteiger partial charge in [-0.2, -0.15) is 4.98 Å². The first-order chi connectivity index (χ1) is 16.0. The summed E-state index contributed by atoms with van der Waals surface area (Å²) in [5.74, 6) is -3.48. The van der Waals surface area contributed by atoms with E-state index in [0.29, 0.717) is 36.0 Å². The van der Waals surface area contributed by atoms with E-state index in [1.54, 1.807) is 6.92 Å². The zero-order valence-corrected chi connectivity index (χ0v) is 19.4. The third-order valence-electron chi connectivity index (χ3n) is 6.22. The van der Waals surface area contributed by atoms with Gasteiger partial charge in [0.2, 0.25) is 17.8 Å². The maximum Gasteiger partial charge on any atom is 0.247 e. The van der Waals surface area contributed by atoms with Crippen LogP contribution in [0, 0.1) is 30.3 Å². The Morgan fingerprint density at radius 2 is 1.82 bits per heavy atom. The molecule has 0 spiro atoms. The second-order valence-corrected chi connectivity index (χ2v) is 9.25. The summed E-state index contributed by atoms with van der Waals surface area (Å²) >= 11 is 0. The van der Waals surface area contributed by atoms with Crippen LogP contribution in [0.15, 0.2) is 12.1 Å². The van der Waals surface area contributed by atoms with Gasteiger partial charge in [-0.15, -0.1) is 0 Å². The topological polar surface area (TPSA) is 99.2 Å². The lowest BCUT2D eigenvalue weighted by Crippen LogP contribution is -2.51. The second kappa shape index (κ2) is 9.11.